The van der Waals surface area contributed by atoms with Crippen LogP contribution in [0.5, 0.6) is 0 Å². The number of hydrogen-bond donors (Lipinski definition) is 2. The lowest BCUT2D eigenvalue weighted by Gasteiger charge is -2.08. The van der Waals surface area contributed by atoms with E-state index in [1.807, 2.05) is 0 Å². The van der Waals surface area contributed by atoms with Crippen molar-refractivity contribution in [2.45, 2.75) is 19.8 Å². The molecule has 1 saturated heterocycles. The number of rotatable bonds is 6. The number of carbonyl (C=O) groups is 2. The van der Waals surface area contributed by atoms with E-state index in [0.29, 0.717) is 41.2 Å². The average molecular weight is 349 g/mol. The summed E-state index contributed by atoms with van der Waals surface area (Å²) in [6.45, 7) is 3.83. The van der Waals surface area contributed by atoms with Gasteiger partial charge in [0.1, 0.15) is 5.76 Å². The van der Waals surface area contributed by atoms with Gasteiger partial charge in [0.05, 0.1) is 30.5 Å². The first kappa shape index (κ1) is 16.7. The number of thiazole rings is 1. The highest BCUT2D eigenvalue weighted by Crippen LogP contribution is 2.18. The summed E-state index contributed by atoms with van der Waals surface area (Å²) in [4.78, 5) is 28.3. The predicted octanol–water partition coefficient (Wildman–Crippen LogP) is 1.99. The highest BCUT2D eigenvalue weighted by Gasteiger charge is 2.17. The van der Waals surface area contributed by atoms with Crippen LogP contribution in [-0.2, 0) is 16.0 Å². The van der Waals surface area contributed by atoms with Crippen LogP contribution in [-0.4, -0.2) is 36.6 Å². The van der Waals surface area contributed by atoms with Gasteiger partial charge in [0, 0.05) is 24.4 Å². The van der Waals surface area contributed by atoms with Crippen LogP contribution in [0.3, 0.4) is 0 Å². The van der Waals surface area contributed by atoms with Crippen molar-refractivity contribution >= 4 is 28.3 Å². The molecule has 1 aliphatic rings. The van der Waals surface area contributed by atoms with Gasteiger partial charge in [0.15, 0.2) is 5.13 Å². The van der Waals surface area contributed by atoms with Gasteiger partial charge in [-0.25, -0.2) is 4.98 Å². The van der Waals surface area contributed by atoms with Crippen molar-refractivity contribution in [3.05, 3.63) is 34.7 Å². The molecule has 3 rings (SSSR count). The molecule has 0 aromatic carbocycles. The van der Waals surface area contributed by atoms with Crippen LogP contribution in [0.2, 0.25) is 0 Å². The summed E-state index contributed by atoms with van der Waals surface area (Å²) >= 11 is 1.29. The second-order valence-electron chi connectivity index (χ2n) is 5.70. The minimum Gasteiger partial charge on any atom is -0.469 e. The number of nitrogens with one attached hydrogen (secondary N) is 2. The molecule has 2 N–H and O–H groups in total. The Labute approximate surface area is 143 Å². The zero-order chi connectivity index (χ0) is 16.9. The second kappa shape index (κ2) is 7.59. The van der Waals surface area contributed by atoms with Gasteiger partial charge in [0.2, 0.25) is 5.91 Å². The molecule has 2 aromatic rings. The molecular weight excluding hydrogens is 330 g/mol. The molecule has 128 valence electrons. The first-order valence-corrected chi connectivity index (χ1v) is 8.64. The first-order chi connectivity index (χ1) is 11.6. The summed E-state index contributed by atoms with van der Waals surface area (Å²) in [5.74, 6) is 0.612. The molecule has 0 spiro atoms. The third kappa shape index (κ3) is 4.21. The maximum Gasteiger partial charge on any atom is 0.260 e. The molecule has 24 heavy (non-hydrogen) atoms. The maximum absolute atomic E-state index is 12.1. The Morgan fingerprint density at radius 2 is 2.33 bits per heavy atom. The molecule has 0 bridgehead atoms. The van der Waals surface area contributed by atoms with Crippen LogP contribution in [0.1, 0.15) is 28.2 Å². The smallest absolute Gasteiger partial charge is 0.260 e. The summed E-state index contributed by atoms with van der Waals surface area (Å²) in [5, 5.41) is 7.85. The summed E-state index contributed by atoms with van der Waals surface area (Å²) in [6.07, 6.45) is 2.66. The maximum atomic E-state index is 12.1. The van der Waals surface area contributed by atoms with Gasteiger partial charge in [-0.3, -0.25) is 14.9 Å². The van der Waals surface area contributed by atoms with Crippen molar-refractivity contribution in [1.82, 2.24) is 10.3 Å². The fourth-order valence-corrected chi connectivity index (χ4v) is 3.17. The van der Waals surface area contributed by atoms with E-state index in [0.717, 1.165) is 13.0 Å². The number of nitrogens with zero attached hydrogens (tertiary/aromatic N) is 1. The molecule has 0 aliphatic carbocycles. The second-order valence-corrected chi connectivity index (χ2v) is 6.56. The van der Waals surface area contributed by atoms with E-state index in [-0.39, 0.29) is 18.2 Å². The van der Waals surface area contributed by atoms with Crippen LogP contribution in [0.4, 0.5) is 5.13 Å². The minimum atomic E-state index is -0.271. The normalized spacial score (nSPS) is 17.0. The number of ether oxygens (including phenoxy) is 1. The van der Waals surface area contributed by atoms with Crippen LogP contribution >= 0.6 is 11.3 Å². The predicted molar refractivity (Wildman–Crippen MR) is 89.2 cm³/mol. The van der Waals surface area contributed by atoms with Crippen LogP contribution in [0, 0.1) is 12.8 Å². The molecule has 7 nitrogen and oxygen atoms in total. The van der Waals surface area contributed by atoms with Crippen LogP contribution in [0.25, 0.3) is 0 Å². The van der Waals surface area contributed by atoms with Gasteiger partial charge in [0.25, 0.3) is 5.91 Å². The van der Waals surface area contributed by atoms with Crippen molar-refractivity contribution in [1.29, 1.82) is 0 Å². The zero-order valence-corrected chi connectivity index (χ0v) is 14.1. The van der Waals surface area contributed by atoms with Gasteiger partial charge in [-0.15, -0.1) is 11.3 Å². The fraction of sp³-hybridized carbons (Fsp3) is 0.438. The molecule has 2 amide bonds. The lowest BCUT2D eigenvalue weighted by Crippen LogP contribution is -2.30. The summed E-state index contributed by atoms with van der Waals surface area (Å²) in [5.41, 5.74) is 1.11. The van der Waals surface area contributed by atoms with Crippen molar-refractivity contribution in [3.8, 4) is 0 Å². The Kier molecular flexibility index (Phi) is 5.27. The third-order valence-corrected chi connectivity index (χ3v) is 4.64. The molecule has 1 fully saturated rings. The number of hydrogen-bond acceptors (Lipinski definition) is 6. The number of aromatic nitrogens is 1. The molecule has 8 heteroatoms. The SMILES string of the molecule is Cc1occc1C(=O)Nc1nc(CC(=O)NC[C@@H]2CCOC2)cs1. The van der Waals surface area contributed by atoms with Crippen LogP contribution in [0.15, 0.2) is 22.1 Å². The fourth-order valence-electron chi connectivity index (χ4n) is 2.46. The summed E-state index contributed by atoms with van der Waals surface area (Å²) < 4.78 is 10.4. The number of carbonyl (C=O) groups excluding carboxylic acids is 2. The molecule has 2 aromatic heterocycles. The lowest BCUT2D eigenvalue weighted by molar-refractivity contribution is -0.120. The van der Waals surface area contributed by atoms with E-state index in [1.54, 1.807) is 18.4 Å². The van der Waals surface area contributed by atoms with Gasteiger partial charge >= 0.3 is 0 Å². The molecular formula is C16H19N3O4S. The number of aryl methyl sites for hydroxylation is 1. The number of amides is 2. The number of anilines is 1. The summed E-state index contributed by atoms with van der Waals surface area (Å²) in [6, 6.07) is 1.61. The summed E-state index contributed by atoms with van der Waals surface area (Å²) in [7, 11) is 0. The topological polar surface area (TPSA) is 93.5 Å². The van der Waals surface area contributed by atoms with Crippen molar-refractivity contribution in [2.75, 3.05) is 25.1 Å². The Hall–Kier alpha value is -2.19. The van der Waals surface area contributed by atoms with E-state index in [1.165, 1.54) is 17.6 Å². The van der Waals surface area contributed by atoms with Crippen molar-refractivity contribution in [3.63, 3.8) is 0 Å². The third-order valence-electron chi connectivity index (χ3n) is 3.83. The van der Waals surface area contributed by atoms with E-state index in [4.69, 9.17) is 9.15 Å². The van der Waals surface area contributed by atoms with Gasteiger partial charge < -0.3 is 14.5 Å². The van der Waals surface area contributed by atoms with E-state index in [9.17, 15) is 9.59 Å². The Balaban J connectivity index is 1.49. The Morgan fingerprint density at radius 1 is 1.46 bits per heavy atom. The molecule has 3 heterocycles. The van der Waals surface area contributed by atoms with Gasteiger partial charge in [-0.2, -0.15) is 0 Å². The van der Waals surface area contributed by atoms with Crippen molar-refractivity contribution < 1.29 is 18.7 Å². The average Bonchev–Trinajstić information content (AvgIpc) is 3.27. The first-order valence-electron chi connectivity index (χ1n) is 7.76. The molecule has 1 atom stereocenters. The monoisotopic (exact) mass is 349 g/mol. The molecule has 1 aliphatic heterocycles. The minimum absolute atomic E-state index is 0.0734. The zero-order valence-electron chi connectivity index (χ0n) is 13.3. The van der Waals surface area contributed by atoms with Gasteiger partial charge in [-0.1, -0.05) is 0 Å². The van der Waals surface area contributed by atoms with E-state index < -0.39 is 0 Å². The molecule has 0 unspecified atom stereocenters. The van der Waals surface area contributed by atoms with E-state index in [2.05, 4.69) is 15.6 Å². The Bertz CT molecular complexity index is 718. The van der Waals surface area contributed by atoms with E-state index >= 15 is 0 Å². The Morgan fingerprint density at radius 3 is 3.04 bits per heavy atom. The standard InChI is InChI=1S/C16H19N3O4S/c1-10-13(3-5-23-10)15(21)19-16-18-12(9-24-16)6-14(20)17-7-11-2-4-22-8-11/h3,5,9,11H,2,4,6-8H2,1H3,(H,17,20)(H,18,19,21)/t11-/m0/s1. The number of furan rings is 1. The lowest BCUT2D eigenvalue weighted by atomic mass is 10.1. The van der Waals surface area contributed by atoms with Crippen molar-refractivity contribution in [2.24, 2.45) is 5.92 Å². The highest BCUT2D eigenvalue weighted by molar-refractivity contribution is 7.14. The quantitative estimate of drug-likeness (QED) is 0.832. The largest absolute Gasteiger partial charge is 0.469 e. The van der Waals surface area contributed by atoms with Gasteiger partial charge in [-0.05, 0) is 19.4 Å². The molecule has 0 radical (unpaired) electrons. The van der Waals surface area contributed by atoms with Crippen LogP contribution < -0.4 is 10.6 Å². The molecule has 0 saturated carbocycles. The highest BCUT2D eigenvalue weighted by atomic mass is 32.1.